The molecule has 64 valence electrons. The Balaban J connectivity index is 1.90. The molecule has 0 aromatic carbocycles. The van der Waals surface area contributed by atoms with Gasteiger partial charge < -0.3 is 10.4 Å². The topological polar surface area (TPSA) is 32.3 Å². The Morgan fingerprint density at radius 1 is 1.36 bits per heavy atom. The molecule has 0 bridgehead atoms. The molecule has 2 heteroatoms. The fourth-order valence-electron chi connectivity index (χ4n) is 1.71. The second-order valence-electron chi connectivity index (χ2n) is 4.27. The molecule has 0 amide bonds. The Morgan fingerprint density at radius 3 is 2.36 bits per heavy atom. The van der Waals surface area contributed by atoms with Gasteiger partial charge in [-0.3, -0.25) is 0 Å². The van der Waals surface area contributed by atoms with E-state index in [0.29, 0.717) is 12.6 Å². The first-order valence-corrected chi connectivity index (χ1v) is 4.63. The molecule has 1 atom stereocenters. The first-order chi connectivity index (χ1) is 5.24. The van der Waals surface area contributed by atoms with Crippen molar-refractivity contribution in [3.05, 3.63) is 0 Å². The molecule has 0 saturated heterocycles. The highest BCUT2D eigenvalue weighted by Crippen LogP contribution is 2.40. The minimum absolute atomic E-state index is 0.0428. The third kappa shape index (κ3) is 1.57. The second-order valence-corrected chi connectivity index (χ2v) is 4.27. The van der Waals surface area contributed by atoms with Gasteiger partial charge >= 0.3 is 0 Å². The van der Waals surface area contributed by atoms with Crippen LogP contribution in [0.2, 0.25) is 0 Å². The van der Waals surface area contributed by atoms with Crippen LogP contribution in [-0.2, 0) is 0 Å². The zero-order valence-electron chi connectivity index (χ0n) is 7.14. The summed E-state index contributed by atoms with van der Waals surface area (Å²) in [6.07, 6.45) is 5.22. The van der Waals surface area contributed by atoms with E-state index in [4.69, 9.17) is 0 Å². The number of hydrogen-bond acceptors (Lipinski definition) is 2. The third-order valence-corrected chi connectivity index (χ3v) is 2.92. The van der Waals surface area contributed by atoms with Crippen LogP contribution in [0.15, 0.2) is 0 Å². The quantitative estimate of drug-likeness (QED) is 0.632. The van der Waals surface area contributed by atoms with E-state index in [9.17, 15) is 5.11 Å². The van der Waals surface area contributed by atoms with Crippen LogP contribution in [0.4, 0.5) is 0 Å². The SMILES string of the molecule is CC(CO)(NC1CC1)C1CC1. The predicted octanol–water partition coefficient (Wildman–Crippen LogP) is 0.899. The predicted molar refractivity (Wildman–Crippen MR) is 44.4 cm³/mol. The van der Waals surface area contributed by atoms with Crippen molar-refractivity contribution in [1.82, 2.24) is 5.32 Å². The highest BCUT2D eigenvalue weighted by atomic mass is 16.3. The number of rotatable bonds is 4. The summed E-state index contributed by atoms with van der Waals surface area (Å²) in [6, 6.07) is 0.716. The van der Waals surface area contributed by atoms with Gasteiger partial charge in [0.2, 0.25) is 0 Å². The van der Waals surface area contributed by atoms with Crippen molar-refractivity contribution in [2.45, 2.75) is 44.2 Å². The largest absolute Gasteiger partial charge is 0.394 e. The molecule has 0 aromatic rings. The van der Waals surface area contributed by atoms with Crippen LogP contribution < -0.4 is 5.32 Å². The van der Waals surface area contributed by atoms with E-state index in [1.807, 2.05) is 0 Å². The van der Waals surface area contributed by atoms with E-state index in [1.54, 1.807) is 0 Å². The number of aliphatic hydroxyl groups excluding tert-OH is 1. The summed E-state index contributed by atoms with van der Waals surface area (Å²) in [7, 11) is 0. The molecule has 2 rings (SSSR count). The minimum atomic E-state index is 0.0428. The van der Waals surface area contributed by atoms with Gasteiger partial charge in [0, 0.05) is 11.6 Å². The van der Waals surface area contributed by atoms with Crippen molar-refractivity contribution >= 4 is 0 Å². The van der Waals surface area contributed by atoms with Crippen LogP contribution in [0.3, 0.4) is 0 Å². The Morgan fingerprint density at radius 2 is 2.00 bits per heavy atom. The van der Waals surface area contributed by atoms with Crippen LogP contribution in [0, 0.1) is 5.92 Å². The van der Waals surface area contributed by atoms with Crippen LogP contribution in [0.5, 0.6) is 0 Å². The lowest BCUT2D eigenvalue weighted by Crippen LogP contribution is -2.48. The van der Waals surface area contributed by atoms with E-state index in [1.165, 1.54) is 25.7 Å². The van der Waals surface area contributed by atoms with Crippen LogP contribution in [0.25, 0.3) is 0 Å². The smallest absolute Gasteiger partial charge is 0.0613 e. The van der Waals surface area contributed by atoms with Gasteiger partial charge in [-0.1, -0.05) is 0 Å². The lowest BCUT2D eigenvalue weighted by atomic mass is 9.97. The Kier molecular flexibility index (Phi) is 1.69. The molecule has 1 unspecified atom stereocenters. The molecule has 2 aliphatic carbocycles. The summed E-state index contributed by atoms with van der Waals surface area (Å²) in [6.45, 7) is 2.46. The fourth-order valence-corrected chi connectivity index (χ4v) is 1.71. The number of aliphatic hydroxyl groups is 1. The molecule has 0 aliphatic heterocycles. The lowest BCUT2D eigenvalue weighted by Gasteiger charge is -2.28. The fraction of sp³-hybridized carbons (Fsp3) is 1.00. The maximum atomic E-state index is 9.21. The van der Waals surface area contributed by atoms with Gasteiger partial charge in [0.25, 0.3) is 0 Å². The van der Waals surface area contributed by atoms with Gasteiger partial charge in [0.1, 0.15) is 0 Å². The van der Waals surface area contributed by atoms with Gasteiger partial charge in [0.05, 0.1) is 6.61 Å². The van der Waals surface area contributed by atoms with E-state index >= 15 is 0 Å². The number of nitrogens with one attached hydrogen (secondary N) is 1. The van der Waals surface area contributed by atoms with E-state index in [0.717, 1.165) is 5.92 Å². The minimum Gasteiger partial charge on any atom is -0.394 e. The molecule has 0 radical (unpaired) electrons. The zero-order chi connectivity index (χ0) is 7.90. The van der Waals surface area contributed by atoms with E-state index in [2.05, 4.69) is 12.2 Å². The van der Waals surface area contributed by atoms with E-state index in [-0.39, 0.29) is 5.54 Å². The Labute approximate surface area is 68.0 Å². The van der Waals surface area contributed by atoms with Gasteiger partial charge in [-0.2, -0.15) is 0 Å². The van der Waals surface area contributed by atoms with Crippen molar-refractivity contribution in [3.63, 3.8) is 0 Å². The Bertz CT molecular complexity index is 152. The normalized spacial score (nSPS) is 30.0. The molecule has 2 N–H and O–H groups in total. The van der Waals surface area contributed by atoms with Crippen molar-refractivity contribution in [2.75, 3.05) is 6.61 Å². The summed E-state index contributed by atoms with van der Waals surface area (Å²) in [5.41, 5.74) is 0.0428. The maximum absolute atomic E-state index is 9.21. The van der Waals surface area contributed by atoms with Crippen molar-refractivity contribution in [1.29, 1.82) is 0 Å². The highest BCUT2D eigenvalue weighted by Gasteiger charge is 2.43. The average Bonchev–Trinajstić information content (AvgIpc) is 2.81. The summed E-state index contributed by atoms with van der Waals surface area (Å²) in [4.78, 5) is 0. The average molecular weight is 155 g/mol. The standard InChI is InChI=1S/C9H17NO/c1-9(6-11,7-2-3-7)10-8-4-5-8/h7-8,10-11H,2-6H2,1H3. The van der Waals surface area contributed by atoms with Crippen LogP contribution in [0.1, 0.15) is 32.6 Å². The van der Waals surface area contributed by atoms with Gasteiger partial charge in [-0.25, -0.2) is 0 Å². The molecule has 2 aliphatic rings. The second kappa shape index (κ2) is 2.46. The van der Waals surface area contributed by atoms with Crippen LogP contribution >= 0.6 is 0 Å². The lowest BCUT2D eigenvalue weighted by molar-refractivity contribution is 0.153. The first-order valence-electron chi connectivity index (χ1n) is 4.63. The molecular weight excluding hydrogens is 138 g/mol. The molecule has 2 saturated carbocycles. The van der Waals surface area contributed by atoms with Crippen molar-refractivity contribution in [3.8, 4) is 0 Å². The third-order valence-electron chi connectivity index (χ3n) is 2.92. The molecule has 0 heterocycles. The molecule has 2 fully saturated rings. The zero-order valence-corrected chi connectivity index (χ0v) is 7.14. The van der Waals surface area contributed by atoms with Crippen molar-refractivity contribution in [2.24, 2.45) is 5.92 Å². The molecule has 11 heavy (non-hydrogen) atoms. The highest BCUT2D eigenvalue weighted by molar-refractivity contribution is 5.01. The summed E-state index contributed by atoms with van der Waals surface area (Å²) in [5.74, 6) is 0.744. The number of hydrogen-bond donors (Lipinski definition) is 2. The summed E-state index contributed by atoms with van der Waals surface area (Å²) >= 11 is 0. The van der Waals surface area contributed by atoms with E-state index < -0.39 is 0 Å². The molecule has 0 spiro atoms. The maximum Gasteiger partial charge on any atom is 0.0613 e. The monoisotopic (exact) mass is 155 g/mol. The summed E-state index contributed by atoms with van der Waals surface area (Å²) < 4.78 is 0. The van der Waals surface area contributed by atoms with Crippen LogP contribution in [-0.4, -0.2) is 23.3 Å². The van der Waals surface area contributed by atoms with Gasteiger partial charge in [0.15, 0.2) is 0 Å². The van der Waals surface area contributed by atoms with Crippen molar-refractivity contribution < 1.29 is 5.11 Å². The Hall–Kier alpha value is -0.0800. The molecular formula is C9H17NO. The van der Waals surface area contributed by atoms with Gasteiger partial charge in [-0.05, 0) is 38.5 Å². The first kappa shape index (κ1) is 7.56. The van der Waals surface area contributed by atoms with Gasteiger partial charge in [-0.15, -0.1) is 0 Å². The molecule has 2 nitrogen and oxygen atoms in total. The summed E-state index contributed by atoms with van der Waals surface area (Å²) in [5, 5.41) is 12.7. The molecule has 0 aromatic heterocycles.